The van der Waals surface area contributed by atoms with Crippen LogP contribution in [0.1, 0.15) is 31.7 Å². The molecule has 0 bridgehead atoms. The standard InChI is InChI=1S/C13H20N2O/c1-2-15-8-9(7-14-15)3-13(16)12-5-10-4-11(10)6-12/h7-8,10-13,16H,2-6H2,1H3. The maximum Gasteiger partial charge on any atom is 0.0610 e. The first kappa shape index (κ1) is 10.3. The number of hydrogen-bond acceptors (Lipinski definition) is 2. The molecule has 1 heterocycles. The Kier molecular flexibility index (Phi) is 2.51. The Hall–Kier alpha value is -0.830. The van der Waals surface area contributed by atoms with Crippen LogP contribution in [0.4, 0.5) is 0 Å². The molecule has 2 saturated carbocycles. The molecular formula is C13H20N2O. The molecule has 16 heavy (non-hydrogen) atoms. The Morgan fingerprint density at radius 2 is 2.19 bits per heavy atom. The molecule has 3 nitrogen and oxygen atoms in total. The zero-order valence-corrected chi connectivity index (χ0v) is 9.84. The van der Waals surface area contributed by atoms with Crippen molar-refractivity contribution in [2.75, 3.05) is 0 Å². The van der Waals surface area contributed by atoms with Crippen molar-refractivity contribution in [1.29, 1.82) is 0 Å². The SMILES string of the molecule is CCn1cc(CC(O)C2CC3CC3C2)cn1. The average Bonchev–Trinajstić information content (AvgIpc) is 2.74. The van der Waals surface area contributed by atoms with Gasteiger partial charge in [0.1, 0.15) is 0 Å². The van der Waals surface area contributed by atoms with E-state index < -0.39 is 0 Å². The Labute approximate surface area is 96.5 Å². The average molecular weight is 220 g/mol. The number of hydrogen-bond donors (Lipinski definition) is 1. The molecule has 0 amide bonds. The van der Waals surface area contributed by atoms with Crippen molar-refractivity contribution in [2.24, 2.45) is 17.8 Å². The Balaban J connectivity index is 1.57. The van der Waals surface area contributed by atoms with Gasteiger partial charge in [-0.3, -0.25) is 4.68 Å². The van der Waals surface area contributed by atoms with Crippen molar-refractivity contribution in [3.05, 3.63) is 18.0 Å². The molecule has 3 heteroatoms. The van der Waals surface area contributed by atoms with E-state index in [0.29, 0.717) is 5.92 Å². The second-order valence-corrected chi connectivity index (χ2v) is 5.46. The minimum absolute atomic E-state index is 0.151. The molecule has 2 aliphatic carbocycles. The lowest BCUT2D eigenvalue weighted by Gasteiger charge is -2.18. The van der Waals surface area contributed by atoms with E-state index in [4.69, 9.17) is 0 Å². The smallest absolute Gasteiger partial charge is 0.0610 e. The molecule has 1 aromatic heterocycles. The van der Waals surface area contributed by atoms with Gasteiger partial charge in [-0.2, -0.15) is 5.10 Å². The van der Waals surface area contributed by atoms with E-state index in [0.717, 1.165) is 24.8 Å². The van der Waals surface area contributed by atoms with E-state index in [1.54, 1.807) is 0 Å². The van der Waals surface area contributed by atoms with Crippen molar-refractivity contribution in [1.82, 2.24) is 9.78 Å². The summed E-state index contributed by atoms with van der Waals surface area (Å²) in [7, 11) is 0. The molecule has 1 N–H and O–H groups in total. The lowest BCUT2D eigenvalue weighted by molar-refractivity contribution is 0.104. The number of aryl methyl sites for hydroxylation is 1. The summed E-state index contributed by atoms with van der Waals surface area (Å²) in [4.78, 5) is 0. The van der Waals surface area contributed by atoms with E-state index in [2.05, 4.69) is 18.2 Å². The lowest BCUT2D eigenvalue weighted by Crippen LogP contribution is -2.21. The molecule has 2 fully saturated rings. The van der Waals surface area contributed by atoms with Crippen LogP contribution >= 0.6 is 0 Å². The van der Waals surface area contributed by atoms with Crippen molar-refractivity contribution in [2.45, 2.75) is 45.3 Å². The zero-order chi connectivity index (χ0) is 11.1. The van der Waals surface area contributed by atoms with Crippen LogP contribution in [0.2, 0.25) is 0 Å². The fourth-order valence-electron chi connectivity index (χ4n) is 3.17. The van der Waals surface area contributed by atoms with Gasteiger partial charge in [0.05, 0.1) is 12.3 Å². The van der Waals surface area contributed by atoms with Crippen LogP contribution in [0, 0.1) is 17.8 Å². The zero-order valence-electron chi connectivity index (χ0n) is 9.84. The fourth-order valence-corrected chi connectivity index (χ4v) is 3.17. The summed E-state index contributed by atoms with van der Waals surface area (Å²) in [6.45, 7) is 2.99. The summed E-state index contributed by atoms with van der Waals surface area (Å²) in [6.07, 6.45) is 8.52. The molecule has 0 saturated heterocycles. The summed E-state index contributed by atoms with van der Waals surface area (Å²) in [6, 6.07) is 0. The topological polar surface area (TPSA) is 38.0 Å². The van der Waals surface area contributed by atoms with Crippen LogP contribution < -0.4 is 0 Å². The molecule has 3 unspecified atom stereocenters. The van der Waals surface area contributed by atoms with E-state index in [9.17, 15) is 5.11 Å². The van der Waals surface area contributed by atoms with Crippen molar-refractivity contribution >= 4 is 0 Å². The van der Waals surface area contributed by atoms with Crippen LogP contribution in [0.5, 0.6) is 0 Å². The molecule has 0 spiro atoms. The second-order valence-electron chi connectivity index (χ2n) is 5.46. The van der Waals surface area contributed by atoms with Gasteiger partial charge in [-0.05, 0) is 49.5 Å². The van der Waals surface area contributed by atoms with Gasteiger partial charge in [0.2, 0.25) is 0 Å². The molecule has 88 valence electrons. The number of aliphatic hydroxyl groups excluding tert-OH is 1. The van der Waals surface area contributed by atoms with Gasteiger partial charge >= 0.3 is 0 Å². The van der Waals surface area contributed by atoms with E-state index in [-0.39, 0.29) is 6.10 Å². The molecule has 0 aliphatic heterocycles. The summed E-state index contributed by atoms with van der Waals surface area (Å²) in [5.74, 6) is 2.46. The highest BCUT2D eigenvalue weighted by Crippen LogP contribution is 2.55. The van der Waals surface area contributed by atoms with Gasteiger partial charge in [0.25, 0.3) is 0 Å². The summed E-state index contributed by atoms with van der Waals surface area (Å²) in [5, 5.41) is 14.4. The summed E-state index contributed by atoms with van der Waals surface area (Å²) in [5.41, 5.74) is 1.18. The van der Waals surface area contributed by atoms with Crippen LogP contribution in [-0.2, 0) is 13.0 Å². The second kappa shape index (κ2) is 3.88. The van der Waals surface area contributed by atoms with Crippen molar-refractivity contribution < 1.29 is 5.11 Å². The van der Waals surface area contributed by atoms with Crippen LogP contribution in [0.25, 0.3) is 0 Å². The highest BCUT2D eigenvalue weighted by atomic mass is 16.3. The highest BCUT2D eigenvalue weighted by molar-refractivity contribution is 5.07. The maximum absolute atomic E-state index is 10.2. The van der Waals surface area contributed by atoms with Gasteiger partial charge in [-0.25, -0.2) is 0 Å². The largest absolute Gasteiger partial charge is 0.392 e. The fraction of sp³-hybridized carbons (Fsp3) is 0.769. The normalized spacial score (nSPS) is 33.8. The molecule has 1 aromatic rings. The number of aliphatic hydroxyl groups is 1. The number of rotatable bonds is 4. The molecule has 0 aromatic carbocycles. The monoisotopic (exact) mass is 220 g/mol. The van der Waals surface area contributed by atoms with Gasteiger partial charge in [-0.15, -0.1) is 0 Å². The number of fused-ring (bicyclic) bond motifs is 1. The van der Waals surface area contributed by atoms with Crippen molar-refractivity contribution in [3.63, 3.8) is 0 Å². The predicted molar refractivity (Wildman–Crippen MR) is 61.9 cm³/mol. The molecule has 3 rings (SSSR count). The first-order chi connectivity index (χ1) is 7.76. The summed E-state index contributed by atoms with van der Waals surface area (Å²) >= 11 is 0. The first-order valence-electron chi connectivity index (χ1n) is 6.45. The minimum Gasteiger partial charge on any atom is -0.392 e. The molecule has 2 aliphatic rings. The maximum atomic E-state index is 10.2. The minimum atomic E-state index is -0.151. The third kappa shape index (κ3) is 1.88. The lowest BCUT2D eigenvalue weighted by atomic mass is 9.93. The number of nitrogens with zero attached hydrogens (tertiary/aromatic N) is 2. The van der Waals surface area contributed by atoms with Gasteiger partial charge in [0, 0.05) is 19.2 Å². The molecule has 3 atom stereocenters. The van der Waals surface area contributed by atoms with Crippen LogP contribution in [0.15, 0.2) is 12.4 Å². The van der Waals surface area contributed by atoms with E-state index in [1.807, 2.05) is 10.9 Å². The number of aromatic nitrogens is 2. The third-order valence-corrected chi connectivity index (χ3v) is 4.28. The van der Waals surface area contributed by atoms with Gasteiger partial charge in [0.15, 0.2) is 0 Å². The van der Waals surface area contributed by atoms with Crippen LogP contribution in [-0.4, -0.2) is 21.0 Å². The Morgan fingerprint density at radius 3 is 2.81 bits per heavy atom. The van der Waals surface area contributed by atoms with Crippen molar-refractivity contribution in [3.8, 4) is 0 Å². The van der Waals surface area contributed by atoms with E-state index in [1.165, 1.54) is 24.8 Å². The van der Waals surface area contributed by atoms with Gasteiger partial charge < -0.3 is 5.11 Å². The molecule has 0 radical (unpaired) electrons. The summed E-state index contributed by atoms with van der Waals surface area (Å²) < 4.78 is 1.92. The quantitative estimate of drug-likeness (QED) is 0.841. The van der Waals surface area contributed by atoms with Crippen LogP contribution in [0.3, 0.4) is 0 Å². The predicted octanol–water partition coefficient (Wildman–Crippen LogP) is 1.85. The highest BCUT2D eigenvalue weighted by Gasteiger charge is 2.47. The Morgan fingerprint density at radius 1 is 1.44 bits per heavy atom. The Bertz CT molecular complexity index is 364. The first-order valence-corrected chi connectivity index (χ1v) is 6.45. The molecular weight excluding hydrogens is 200 g/mol. The van der Waals surface area contributed by atoms with Gasteiger partial charge in [-0.1, -0.05) is 0 Å². The third-order valence-electron chi connectivity index (χ3n) is 4.28. The van der Waals surface area contributed by atoms with E-state index >= 15 is 0 Å².